The van der Waals surface area contributed by atoms with E-state index in [0.29, 0.717) is 39.0 Å². The fourth-order valence-corrected chi connectivity index (χ4v) is 6.13. The monoisotopic (exact) mass is 615 g/mol. The number of aromatic nitrogens is 1. The van der Waals surface area contributed by atoms with E-state index in [0.717, 1.165) is 0 Å². The van der Waals surface area contributed by atoms with Crippen molar-refractivity contribution in [1.29, 1.82) is 0 Å². The van der Waals surface area contributed by atoms with Gasteiger partial charge in [0, 0.05) is 11.1 Å². The summed E-state index contributed by atoms with van der Waals surface area (Å²) in [7, 11) is -4.26. The summed E-state index contributed by atoms with van der Waals surface area (Å²) in [5, 5.41) is 0.634. The zero-order valence-electron chi connectivity index (χ0n) is 25.7. The number of halogens is 3. The summed E-state index contributed by atoms with van der Waals surface area (Å²) >= 11 is 0. The van der Waals surface area contributed by atoms with Crippen LogP contribution in [0.4, 0.5) is 13.2 Å². The first-order valence-electron chi connectivity index (χ1n) is 13.2. The predicted octanol–water partition coefficient (Wildman–Crippen LogP) is 5.04. The standard InChI is InChI=1S/C30H33F3NO6P.Na.H/c1-7-37-41(35,36)29-20(6)25-16-21(22-9-15-27(39-19(4)5)28(17-22)40-30(31,32)33)8-14-26(25)34(29)23-10-12-24(13-11-23)38-18(2)3;;/h8-19H,7H2,1-6H3,(H,35,36);;/q;+1;-1. The van der Waals surface area contributed by atoms with Gasteiger partial charge in [0.05, 0.1) is 24.3 Å². The molecule has 42 heavy (non-hydrogen) atoms. The molecule has 1 aromatic heterocycles. The molecule has 1 heterocycles. The van der Waals surface area contributed by atoms with Gasteiger partial charge >= 0.3 is 43.5 Å². The van der Waals surface area contributed by atoms with Gasteiger partial charge in [-0.25, -0.2) is 0 Å². The van der Waals surface area contributed by atoms with E-state index in [1.54, 1.807) is 80.8 Å². The van der Waals surface area contributed by atoms with Gasteiger partial charge in [-0.05, 0) is 107 Å². The van der Waals surface area contributed by atoms with Gasteiger partial charge in [0.15, 0.2) is 11.5 Å². The van der Waals surface area contributed by atoms with E-state index in [1.165, 1.54) is 12.1 Å². The number of hydrogen-bond acceptors (Lipinski definition) is 5. The number of aryl methyl sites for hydroxylation is 1. The Hall–Kier alpha value is -2.46. The molecule has 0 radical (unpaired) electrons. The molecule has 0 aliphatic heterocycles. The maximum atomic E-state index is 13.4. The Bertz CT molecular complexity index is 1590. The minimum atomic E-state index is -4.91. The maximum absolute atomic E-state index is 13.4. The molecule has 1 atom stereocenters. The third-order valence-electron chi connectivity index (χ3n) is 6.09. The fraction of sp³-hybridized carbons (Fsp3) is 0.333. The molecule has 0 amide bonds. The van der Waals surface area contributed by atoms with E-state index in [2.05, 4.69) is 4.74 Å². The van der Waals surface area contributed by atoms with Crippen molar-refractivity contribution in [3.05, 3.63) is 66.2 Å². The predicted molar refractivity (Wildman–Crippen MR) is 154 cm³/mol. The van der Waals surface area contributed by atoms with Crippen molar-refractivity contribution in [1.82, 2.24) is 4.57 Å². The van der Waals surface area contributed by atoms with E-state index in [-0.39, 0.29) is 61.0 Å². The minimum Gasteiger partial charge on any atom is -1.00 e. The smallest absolute Gasteiger partial charge is 1.00 e. The van der Waals surface area contributed by atoms with Crippen LogP contribution in [0.2, 0.25) is 0 Å². The van der Waals surface area contributed by atoms with E-state index < -0.39 is 19.7 Å². The second-order valence-corrected chi connectivity index (χ2v) is 11.7. The first kappa shape index (κ1) is 34.0. The van der Waals surface area contributed by atoms with E-state index >= 15 is 0 Å². The first-order chi connectivity index (χ1) is 19.2. The van der Waals surface area contributed by atoms with Gasteiger partial charge in [0.2, 0.25) is 0 Å². The third kappa shape index (κ3) is 7.73. The fourth-order valence-electron chi connectivity index (χ4n) is 4.64. The number of hydrogen-bond donors (Lipinski definition) is 1. The van der Waals surface area contributed by atoms with Crippen LogP contribution in [-0.2, 0) is 9.09 Å². The summed E-state index contributed by atoms with van der Waals surface area (Å²) in [6.45, 7) is 10.6. The molecule has 0 bridgehead atoms. The van der Waals surface area contributed by atoms with Crippen LogP contribution in [-0.4, -0.2) is 34.6 Å². The molecule has 0 saturated carbocycles. The number of ether oxygens (including phenoxy) is 3. The third-order valence-corrected chi connectivity index (χ3v) is 7.77. The quantitative estimate of drug-likeness (QED) is 0.199. The molecular formula is C30H34F3NNaO6P. The molecule has 222 valence electrons. The summed E-state index contributed by atoms with van der Waals surface area (Å²) in [5.74, 6) is 0.160. The van der Waals surface area contributed by atoms with Crippen molar-refractivity contribution in [3.8, 4) is 34.1 Å². The largest absolute Gasteiger partial charge is 1.00 e. The SMILES string of the molecule is CCOP(=O)(O)c1c(C)c2cc(-c3ccc(OC(C)C)c(OC(F)(F)F)c3)ccc2n1-c1ccc(OC(C)C)cc1.[H-].[Na+]. The number of rotatable bonds is 10. The zero-order chi connectivity index (χ0) is 30.1. The molecule has 4 rings (SSSR count). The van der Waals surface area contributed by atoms with Gasteiger partial charge < -0.3 is 29.6 Å². The minimum absolute atomic E-state index is 0. The molecular weight excluding hydrogens is 581 g/mol. The molecule has 4 aromatic rings. The van der Waals surface area contributed by atoms with Crippen LogP contribution in [0.25, 0.3) is 27.7 Å². The van der Waals surface area contributed by atoms with Crippen LogP contribution in [0, 0.1) is 6.92 Å². The second kappa shape index (κ2) is 13.5. The van der Waals surface area contributed by atoms with E-state index in [9.17, 15) is 22.6 Å². The van der Waals surface area contributed by atoms with Crippen LogP contribution in [0.15, 0.2) is 60.7 Å². The number of alkyl halides is 3. The summed E-state index contributed by atoms with van der Waals surface area (Å²) in [5.41, 5.74) is 2.88. The Morgan fingerprint density at radius 1 is 0.905 bits per heavy atom. The van der Waals surface area contributed by atoms with Crippen LogP contribution in [0.1, 0.15) is 41.6 Å². The van der Waals surface area contributed by atoms with Crippen LogP contribution >= 0.6 is 7.60 Å². The molecule has 1 unspecified atom stereocenters. The number of benzene rings is 3. The van der Waals surface area contributed by atoms with Gasteiger partial charge in [0.1, 0.15) is 11.2 Å². The van der Waals surface area contributed by atoms with Crippen molar-refractivity contribution in [2.24, 2.45) is 0 Å². The Morgan fingerprint density at radius 2 is 1.50 bits per heavy atom. The Morgan fingerprint density at radius 3 is 2.07 bits per heavy atom. The molecule has 1 N–H and O–H groups in total. The summed E-state index contributed by atoms with van der Waals surface area (Å²) in [4.78, 5) is 11.0. The van der Waals surface area contributed by atoms with Crippen LogP contribution in [0.3, 0.4) is 0 Å². The van der Waals surface area contributed by atoms with Crippen molar-refractivity contribution < 1.29 is 72.3 Å². The Balaban J connectivity index is 0.00000323. The summed E-state index contributed by atoms with van der Waals surface area (Å²) in [6, 6.07) is 16.7. The molecule has 0 aliphatic carbocycles. The molecule has 7 nitrogen and oxygen atoms in total. The van der Waals surface area contributed by atoms with Crippen molar-refractivity contribution in [3.63, 3.8) is 0 Å². The van der Waals surface area contributed by atoms with Gasteiger partial charge in [-0.3, -0.25) is 4.57 Å². The van der Waals surface area contributed by atoms with Gasteiger partial charge in [-0.2, -0.15) is 0 Å². The second-order valence-electron chi connectivity index (χ2n) is 9.99. The van der Waals surface area contributed by atoms with Gasteiger partial charge in [-0.15, -0.1) is 13.2 Å². The van der Waals surface area contributed by atoms with Crippen molar-refractivity contribution in [2.45, 2.75) is 60.1 Å². The molecule has 0 aliphatic rings. The Kier molecular flexibility index (Phi) is 10.9. The zero-order valence-corrected chi connectivity index (χ0v) is 27.5. The van der Waals surface area contributed by atoms with Gasteiger partial charge in [-0.1, -0.05) is 12.1 Å². The summed E-state index contributed by atoms with van der Waals surface area (Å²) < 4.78 is 75.5. The molecule has 0 fully saturated rings. The van der Waals surface area contributed by atoms with Crippen LogP contribution < -0.4 is 49.2 Å². The average Bonchev–Trinajstić information content (AvgIpc) is 3.16. The number of nitrogens with zero attached hydrogens (tertiary/aromatic N) is 1. The molecule has 0 spiro atoms. The van der Waals surface area contributed by atoms with Crippen molar-refractivity contribution in [2.75, 3.05) is 6.61 Å². The number of fused-ring (bicyclic) bond motifs is 1. The average molecular weight is 616 g/mol. The maximum Gasteiger partial charge on any atom is 1.00 e. The topological polar surface area (TPSA) is 79.2 Å². The van der Waals surface area contributed by atoms with E-state index in [1.807, 2.05) is 13.8 Å². The molecule has 3 aromatic carbocycles. The first-order valence-corrected chi connectivity index (χ1v) is 14.7. The normalized spacial score (nSPS) is 13.2. The molecule has 0 saturated heterocycles. The summed E-state index contributed by atoms with van der Waals surface area (Å²) in [6.07, 6.45) is -5.29. The van der Waals surface area contributed by atoms with Gasteiger partial charge in [0.25, 0.3) is 0 Å². The molecule has 12 heteroatoms. The van der Waals surface area contributed by atoms with Crippen LogP contribution in [0.5, 0.6) is 17.2 Å². The van der Waals surface area contributed by atoms with Crippen molar-refractivity contribution >= 4 is 23.9 Å². The Labute approximate surface area is 266 Å². The van der Waals surface area contributed by atoms with E-state index in [4.69, 9.17) is 14.0 Å².